The Morgan fingerprint density at radius 1 is 1.06 bits per heavy atom. The van der Waals surface area contributed by atoms with Crippen LogP contribution in [0.4, 0.5) is 0 Å². The second-order valence-corrected chi connectivity index (χ2v) is 4.91. The average Bonchev–Trinajstić information content (AvgIpc) is 2.26. The van der Waals surface area contributed by atoms with Gasteiger partial charge in [-0.2, -0.15) is 5.26 Å². The molecule has 0 aliphatic rings. The van der Waals surface area contributed by atoms with Crippen molar-refractivity contribution in [1.29, 1.82) is 5.26 Å². The first-order valence-electron chi connectivity index (χ1n) is 6.08. The molecule has 0 aliphatic carbocycles. The van der Waals surface area contributed by atoms with Crippen molar-refractivity contribution in [3.05, 3.63) is 34.4 Å². The molecule has 1 aromatic rings. The summed E-state index contributed by atoms with van der Waals surface area (Å²) in [6.45, 7) is 11.0. The van der Waals surface area contributed by atoms with Crippen LogP contribution in [0.2, 0.25) is 0 Å². The smallest absolute Gasteiger partial charge is 0.0991 e. The molecule has 0 fully saturated rings. The van der Waals surface area contributed by atoms with Gasteiger partial charge in [-0.3, -0.25) is 0 Å². The van der Waals surface area contributed by atoms with E-state index in [9.17, 15) is 0 Å². The maximum absolute atomic E-state index is 9.06. The number of benzene rings is 1. The summed E-state index contributed by atoms with van der Waals surface area (Å²) >= 11 is 0. The van der Waals surface area contributed by atoms with Gasteiger partial charge in [0.2, 0.25) is 0 Å². The Hall–Kier alpha value is -1.29. The fourth-order valence-electron chi connectivity index (χ4n) is 2.22. The van der Waals surface area contributed by atoms with Gasteiger partial charge in [0, 0.05) is 0 Å². The van der Waals surface area contributed by atoms with Crippen LogP contribution >= 0.6 is 0 Å². The minimum absolute atomic E-state index is 0.487. The van der Waals surface area contributed by atoms with Gasteiger partial charge >= 0.3 is 0 Å². The van der Waals surface area contributed by atoms with Crippen LogP contribution in [0.1, 0.15) is 68.7 Å². The Balaban J connectivity index is 3.48. The van der Waals surface area contributed by atoms with Crippen LogP contribution in [-0.4, -0.2) is 0 Å². The van der Waals surface area contributed by atoms with Gasteiger partial charge in [0.05, 0.1) is 11.6 Å². The van der Waals surface area contributed by atoms with Crippen LogP contribution in [-0.2, 0) is 6.42 Å². The van der Waals surface area contributed by atoms with E-state index in [2.05, 4.69) is 52.8 Å². The molecular formula is C15H21N. The lowest BCUT2D eigenvalue weighted by Gasteiger charge is -2.19. The van der Waals surface area contributed by atoms with Crippen molar-refractivity contribution in [2.24, 2.45) is 0 Å². The first-order valence-corrected chi connectivity index (χ1v) is 6.08. The Kier molecular flexibility index (Phi) is 4.12. The molecule has 0 saturated heterocycles. The van der Waals surface area contributed by atoms with Crippen molar-refractivity contribution in [2.75, 3.05) is 0 Å². The molecule has 0 amide bonds. The molecule has 16 heavy (non-hydrogen) atoms. The van der Waals surface area contributed by atoms with E-state index in [0.29, 0.717) is 11.8 Å². The van der Waals surface area contributed by atoms with Crippen molar-refractivity contribution in [3.63, 3.8) is 0 Å². The number of hydrogen-bond acceptors (Lipinski definition) is 1. The van der Waals surface area contributed by atoms with Crippen LogP contribution < -0.4 is 0 Å². The second kappa shape index (κ2) is 5.16. The molecule has 0 spiro atoms. The predicted molar refractivity (Wildman–Crippen MR) is 68.7 cm³/mol. The van der Waals surface area contributed by atoms with E-state index in [4.69, 9.17) is 5.26 Å². The zero-order valence-corrected chi connectivity index (χ0v) is 11.0. The average molecular weight is 215 g/mol. The summed E-state index contributed by atoms with van der Waals surface area (Å²) in [5, 5.41) is 9.06. The van der Waals surface area contributed by atoms with Gasteiger partial charge in [0.15, 0.2) is 0 Å². The van der Waals surface area contributed by atoms with Crippen molar-refractivity contribution in [3.8, 4) is 6.07 Å². The number of nitrogens with zero attached hydrogens (tertiary/aromatic N) is 1. The summed E-state index contributed by atoms with van der Waals surface area (Å²) in [6.07, 6.45) is 1.05. The topological polar surface area (TPSA) is 23.8 Å². The van der Waals surface area contributed by atoms with Gasteiger partial charge in [-0.05, 0) is 47.1 Å². The lowest BCUT2D eigenvalue weighted by molar-refractivity contribution is 0.799. The quantitative estimate of drug-likeness (QED) is 0.734. The van der Waals surface area contributed by atoms with Gasteiger partial charge in [-0.1, -0.05) is 34.6 Å². The molecule has 86 valence electrons. The molecule has 0 aliphatic heterocycles. The second-order valence-electron chi connectivity index (χ2n) is 4.91. The highest BCUT2D eigenvalue weighted by molar-refractivity contribution is 5.46. The summed E-state index contributed by atoms with van der Waals surface area (Å²) in [4.78, 5) is 0. The fourth-order valence-corrected chi connectivity index (χ4v) is 2.22. The lowest BCUT2D eigenvalue weighted by Crippen LogP contribution is -2.03. The Morgan fingerprint density at radius 2 is 1.50 bits per heavy atom. The van der Waals surface area contributed by atoms with Crippen molar-refractivity contribution >= 4 is 0 Å². The largest absolute Gasteiger partial charge is 0.192 e. The summed E-state index contributed by atoms with van der Waals surface area (Å²) in [5.74, 6) is 0.974. The van der Waals surface area contributed by atoms with Crippen molar-refractivity contribution in [1.82, 2.24) is 0 Å². The van der Waals surface area contributed by atoms with Crippen LogP contribution in [0.25, 0.3) is 0 Å². The zero-order valence-electron chi connectivity index (χ0n) is 11.0. The lowest BCUT2D eigenvalue weighted by atomic mass is 9.86. The number of hydrogen-bond donors (Lipinski definition) is 0. The monoisotopic (exact) mass is 215 g/mol. The highest BCUT2D eigenvalue weighted by Gasteiger charge is 2.14. The molecule has 1 aromatic carbocycles. The van der Waals surface area contributed by atoms with Gasteiger partial charge in [-0.15, -0.1) is 0 Å². The van der Waals surface area contributed by atoms with Gasteiger partial charge in [-0.25, -0.2) is 0 Å². The van der Waals surface area contributed by atoms with Crippen LogP contribution in [0, 0.1) is 11.3 Å². The van der Waals surface area contributed by atoms with Crippen LogP contribution in [0.15, 0.2) is 12.1 Å². The Bertz CT molecular complexity index is 379. The van der Waals surface area contributed by atoms with Gasteiger partial charge in [0.1, 0.15) is 0 Å². The molecule has 0 aromatic heterocycles. The predicted octanol–water partition coefficient (Wildman–Crippen LogP) is 4.37. The van der Waals surface area contributed by atoms with E-state index < -0.39 is 0 Å². The molecule has 0 atom stereocenters. The first kappa shape index (κ1) is 12.8. The van der Waals surface area contributed by atoms with E-state index in [1.54, 1.807) is 0 Å². The Morgan fingerprint density at radius 3 is 1.75 bits per heavy atom. The minimum Gasteiger partial charge on any atom is -0.192 e. The molecule has 0 radical (unpaired) electrons. The molecule has 0 N–H and O–H groups in total. The molecule has 1 heteroatoms. The highest BCUT2D eigenvalue weighted by Crippen LogP contribution is 2.29. The minimum atomic E-state index is 0.487. The summed E-state index contributed by atoms with van der Waals surface area (Å²) < 4.78 is 0. The van der Waals surface area contributed by atoms with E-state index >= 15 is 0 Å². The fraction of sp³-hybridized carbons (Fsp3) is 0.533. The molecule has 0 unspecified atom stereocenters. The maximum atomic E-state index is 9.06. The molecule has 1 rings (SSSR count). The number of rotatable bonds is 3. The van der Waals surface area contributed by atoms with Gasteiger partial charge < -0.3 is 0 Å². The Labute approximate surface area is 99.1 Å². The van der Waals surface area contributed by atoms with E-state index in [0.717, 1.165) is 12.0 Å². The molecule has 1 nitrogen and oxygen atoms in total. The third kappa shape index (κ3) is 2.44. The van der Waals surface area contributed by atoms with E-state index in [1.165, 1.54) is 16.7 Å². The molecule has 0 heterocycles. The third-order valence-corrected chi connectivity index (χ3v) is 3.05. The SMILES string of the molecule is CCc1c(C(C)C)cc(C#N)cc1C(C)C. The van der Waals surface area contributed by atoms with E-state index in [1.807, 2.05) is 0 Å². The van der Waals surface area contributed by atoms with Gasteiger partial charge in [0.25, 0.3) is 0 Å². The standard InChI is InChI=1S/C15H21N/c1-6-13-14(10(2)3)7-12(9-16)8-15(13)11(4)5/h7-8,10-11H,6H2,1-5H3. The maximum Gasteiger partial charge on any atom is 0.0991 e. The first-order chi connectivity index (χ1) is 7.51. The summed E-state index contributed by atoms with van der Waals surface area (Å²) in [7, 11) is 0. The normalized spacial score (nSPS) is 10.9. The number of nitriles is 1. The summed E-state index contributed by atoms with van der Waals surface area (Å²) in [6, 6.07) is 6.37. The van der Waals surface area contributed by atoms with Crippen molar-refractivity contribution < 1.29 is 0 Å². The highest BCUT2D eigenvalue weighted by atomic mass is 14.3. The molecular weight excluding hydrogens is 194 g/mol. The van der Waals surface area contributed by atoms with Crippen molar-refractivity contribution in [2.45, 2.75) is 52.9 Å². The molecule has 0 bridgehead atoms. The third-order valence-electron chi connectivity index (χ3n) is 3.05. The molecule has 0 saturated carbocycles. The summed E-state index contributed by atoms with van der Waals surface area (Å²) in [5.41, 5.74) is 4.91. The zero-order chi connectivity index (χ0) is 12.3. The van der Waals surface area contributed by atoms with Crippen LogP contribution in [0.5, 0.6) is 0 Å². The van der Waals surface area contributed by atoms with Crippen LogP contribution in [0.3, 0.4) is 0 Å². The van der Waals surface area contributed by atoms with E-state index in [-0.39, 0.29) is 0 Å².